The van der Waals surface area contributed by atoms with E-state index < -0.39 is 17.6 Å². The summed E-state index contributed by atoms with van der Waals surface area (Å²) in [6.45, 7) is 3.21. The van der Waals surface area contributed by atoms with E-state index in [9.17, 15) is 18.0 Å². The van der Waals surface area contributed by atoms with Crippen molar-refractivity contribution in [1.29, 1.82) is 0 Å². The highest BCUT2D eigenvalue weighted by atomic mass is 35.5. The van der Waals surface area contributed by atoms with Gasteiger partial charge in [-0.25, -0.2) is 0 Å². The molecule has 0 saturated carbocycles. The third-order valence-electron chi connectivity index (χ3n) is 3.44. The maximum absolute atomic E-state index is 12.7. The summed E-state index contributed by atoms with van der Waals surface area (Å²) in [5.41, 5.74) is 0.00970. The number of amides is 1. The fraction of sp³-hybridized carbons (Fsp3) is 0.375. The Balaban J connectivity index is 1.97. The molecule has 0 aliphatic rings. The summed E-state index contributed by atoms with van der Waals surface area (Å²) in [4.78, 5) is 13.8. The lowest BCUT2D eigenvalue weighted by molar-refractivity contribution is -0.137. The number of nitrogens with zero attached hydrogens (tertiary/aromatic N) is 3. The zero-order valence-corrected chi connectivity index (χ0v) is 14.5. The molecule has 0 radical (unpaired) electrons. The lowest BCUT2D eigenvalue weighted by Crippen LogP contribution is -2.30. The van der Waals surface area contributed by atoms with Crippen molar-refractivity contribution >= 4 is 23.2 Å². The number of hydrogen-bond acceptors (Lipinski definition) is 3. The highest BCUT2D eigenvalue weighted by Crippen LogP contribution is 2.33. The molecule has 0 fully saturated rings. The first-order chi connectivity index (χ1) is 11.7. The number of aryl methyl sites for hydroxylation is 1. The third kappa shape index (κ3) is 5.47. The van der Waals surface area contributed by atoms with Gasteiger partial charge in [-0.2, -0.15) is 18.3 Å². The number of carbonyl (C=O) groups is 1. The zero-order valence-electron chi connectivity index (χ0n) is 13.8. The van der Waals surface area contributed by atoms with Crippen LogP contribution < -0.4 is 5.32 Å². The van der Waals surface area contributed by atoms with E-state index in [1.807, 2.05) is 13.1 Å². The van der Waals surface area contributed by atoms with E-state index in [0.717, 1.165) is 30.3 Å². The standard InChI is InChI=1S/C16H18ClF3N4O/c1-3-24-9-11(7-21-24)8-23(2)10-15(25)22-14-6-12(16(18,19)20)4-5-13(14)17/h4-7,9H,3,8,10H2,1-2H3,(H,22,25). The predicted octanol–water partition coefficient (Wildman–Crippen LogP) is 3.65. The normalized spacial score (nSPS) is 11.8. The van der Waals surface area contributed by atoms with Crippen LogP contribution in [0.3, 0.4) is 0 Å². The molecule has 1 amide bonds. The Morgan fingerprint density at radius 3 is 2.72 bits per heavy atom. The van der Waals surface area contributed by atoms with Gasteiger partial charge in [0.2, 0.25) is 5.91 Å². The van der Waals surface area contributed by atoms with E-state index in [-0.39, 0.29) is 17.3 Å². The van der Waals surface area contributed by atoms with Gasteiger partial charge in [0.05, 0.1) is 29.0 Å². The van der Waals surface area contributed by atoms with Crippen molar-refractivity contribution in [2.75, 3.05) is 18.9 Å². The van der Waals surface area contributed by atoms with Gasteiger partial charge in [-0.15, -0.1) is 0 Å². The van der Waals surface area contributed by atoms with E-state index in [2.05, 4.69) is 10.4 Å². The summed E-state index contributed by atoms with van der Waals surface area (Å²) in [5, 5.41) is 6.62. The molecule has 1 aromatic carbocycles. The molecule has 0 bridgehead atoms. The van der Waals surface area contributed by atoms with Crippen molar-refractivity contribution < 1.29 is 18.0 Å². The van der Waals surface area contributed by atoms with Gasteiger partial charge in [0, 0.05) is 24.8 Å². The Bertz CT molecular complexity index is 745. The van der Waals surface area contributed by atoms with Gasteiger partial charge >= 0.3 is 6.18 Å². The minimum atomic E-state index is -4.50. The molecule has 2 aromatic rings. The smallest absolute Gasteiger partial charge is 0.324 e. The second kappa shape index (κ2) is 7.88. The van der Waals surface area contributed by atoms with Gasteiger partial charge in [-0.05, 0) is 32.2 Å². The van der Waals surface area contributed by atoms with Crippen LogP contribution in [0.1, 0.15) is 18.1 Å². The third-order valence-corrected chi connectivity index (χ3v) is 3.77. The number of alkyl halides is 3. The molecular formula is C16H18ClF3N4O. The van der Waals surface area contributed by atoms with E-state index in [0.29, 0.717) is 6.54 Å². The lowest BCUT2D eigenvalue weighted by atomic mass is 10.2. The number of halogens is 4. The molecule has 0 unspecified atom stereocenters. The average Bonchev–Trinajstić information content (AvgIpc) is 2.95. The molecule has 5 nitrogen and oxygen atoms in total. The molecule has 0 aliphatic carbocycles. The van der Waals surface area contributed by atoms with Crippen LogP contribution in [0.5, 0.6) is 0 Å². The van der Waals surface area contributed by atoms with Crippen molar-refractivity contribution in [2.45, 2.75) is 26.2 Å². The number of carbonyl (C=O) groups excluding carboxylic acids is 1. The van der Waals surface area contributed by atoms with Gasteiger partial charge in [0.15, 0.2) is 0 Å². The summed E-state index contributed by atoms with van der Waals surface area (Å²) in [6.07, 6.45) is -0.917. The molecule has 1 aromatic heterocycles. The molecule has 1 heterocycles. The summed E-state index contributed by atoms with van der Waals surface area (Å²) in [6, 6.07) is 2.81. The molecule has 136 valence electrons. The number of anilines is 1. The van der Waals surface area contributed by atoms with Gasteiger partial charge in [0.25, 0.3) is 0 Å². The topological polar surface area (TPSA) is 50.2 Å². The Morgan fingerprint density at radius 2 is 2.12 bits per heavy atom. The lowest BCUT2D eigenvalue weighted by Gasteiger charge is -2.16. The van der Waals surface area contributed by atoms with Gasteiger partial charge in [-0.3, -0.25) is 14.4 Å². The van der Waals surface area contributed by atoms with Crippen LogP contribution in [0.15, 0.2) is 30.6 Å². The SMILES string of the molecule is CCn1cc(CN(C)CC(=O)Nc2cc(C(F)(F)F)ccc2Cl)cn1. The first-order valence-corrected chi connectivity index (χ1v) is 7.93. The molecule has 1 N–H and O–H groups in total. The predicted molar refractivity (Wildman–Crippen MR) is 89.3 cm³/mol. The van der Waals surface area contributed by atoms with Crippen LogP contribution in [-0.4, -0.2) is 34.2 Å². The molecule has 0 saturated heterocycles. The molecule has 9 heteroatoms. The Labute approximate surface area is 148 Å². The first kappa shape index (κ1) is 19.3. The first-order valence-electron chi connectivity index (χ1n) is 7.55. The maximum atomic E-state index is 12.7. The molecule has 25 heavy (non-hydrogen) atoms. The fourth-order valence-corrected chi connectivity index (χ4v) is 2.43. The maximum Gasteiger partial charge on any atom is 0.416 e. The van der Waals surface area contributed by atoms with E-state index >= 15 is 0 Å². The Hall–Kier alpha value is -2.06. The van der Waals surface area contributed by atoms with E-state index in [1.165, 1.54) is 0 Å². The highest BCUT2D eigenvalue weighted by molar-refractivity contribution is 6.33. The molecule has 2 rings (SSSR count). The van der Waals surface area contributed by atoms with Crippen LogP contribution in [0, 0.1) is 0 Å². The average molecular weight is 375 g/mol. The number of hydrogen-bond donors (Lipinski definition) is 1. The Morgan fingerprint density at radius 1 is 1.40 bits per heavy atom. The quantitative estimate of drug-likeness (QED) is 0.839. The van der Waals surface area contributed by atoms with Crippen molar-refractivity contribution in [3.63, 3.8) is 0 Å². The van der Waals surface area contributed by atoms with Crippen molar-refractivity contribution in [3.05, 3.63) is 46.7 Å². The molecular weight excluding hydrogens is 357 g/mol. The zero-order chi connectivity index (χ0) is 18.6. The minimum absolute atomic E-state index is 0.00385. The summed E-state index contributed by atoms with van der Waals surface area (Å²) in [7, 11) is 1.73. The van der Waals surface area contributed by atoms with Crippen molar-refractivity contribution in [2.24, 2.45) is 0 Å². The monoisotopic (exact) mass is 374 g/mol. The molecule has 0 aliphatic heterocycles. The van der Waals surface area contributed by atoms with Crippen LogP contribution in [-0.2, 0) is 24.1 Å². The van der Waals surface area contributed by atoms with Gasteiger partial charge in [0.1, 0.15) is 0 Å². The molecule has 0 atom stereocenters. The number of rotatable bonds is 6. The van der Waals surface area contributed by atoms with Crippen molar-refractivity contribution in [3.8, 4) is 0 Å². The van der Waals surface area contributed by atoms with Gasteiger partial charge in [-0.1, -0.05) is 11.6 Å². The van der Waals surface area contributed by atoms with Crippen LogP contribution >= 0.6 is 11.6 Å². The minimum Gasteiger partial charge on any atom is -0.324 e. The van der Waals surface area contributed by atoms with E-state index in [4.69, 9.17) is 11.6 Å². The van der Waals surface area contributed by atoms with Crippen molar-refractivity contribution in [1.82, 2.24) is 14.7 Å². The fourth-order valence-electron chi connectivity index (χ4n) is 2.26. The summed E-state index contributed by atoms with van der Waals surface area (Å²) >= 11 is 5.87. The number of nitrogens with one attached hydrogen (secondary N) is 1. The number of benzene rings is 1. The summed E-state index contributed by atoms with van der Waals surface area (Å²) < 4.78 is 40.0. The number of likely N-dealkylation sites (N-methyl/N-ethyl adjacent to an activating group) is 1. The largest absolute Gasteiger partial charge is 0.416 e. The number of aromatic nitrogens is 2. The van der Waals surface area contributed by atoms with E-state index in [1.54, 1.807) is 22.8 Å². The van der Waals surface area contributed by atoms with Crippen LogP contribution in [0.25, 0.3) is 0 Å². The van der Waals surface area contributed by atoms with Crippen LogP contribution in [0.2, 0.25) is 5.02 Å². The second-order valence-corrected chi connectivity index (χ2v) is 6.02. The second-order valence-electron chi connectivity index (χ2n) is 5.62. The highest BCUT2D eigenvalue weighted by Gasteiger charge is 2.31. The van der Waals surface area contributed by atoms with Crippen LogP contribution in [0.4, 0.5) is 18.9 Å². The summed E-state index contributed by atoms with van der Waals surface area (Å²) in [5.74, 6) is -0.452. The van der Waals surface area contributed by atoms with Gasteiger partial charge < -0.3 is 5.32 Å². The Kier molecular flexibility index (Phi) is 6.07. The molecule has 0 spiro atoms.